The molecule has 0 spiro atoms. The Kier molecular flexibility index (Phi) is 5.03. The van der Waals surface area contributed by atoms with Crippen molar-refractivity contribution in [3.05, 3.63) is 74.8 Å². The lowest BCUT2D eigenvalue weighted by atomic mass is 9.89. The Hall–Kier alpha value is -3.26. The lowest BCUT2D eigenvalue weighted by Crippen LogP contribution is -2.28. The third kappa shape index (κ3) is 3.59. The number of nitrogens with zero attached hydrogens (tertiary/aromatic N) is 2. The van der Waals surface area contributed by atoms with Gasteiger partial charge in [-0.2, -0.15) is 0 Å². The molecule has 4 rings (SSSR count). The molecule has 8 heteroatoms. The summed E-state index contributed by atoms with van der Waals surface area (Å²) in [6.07, 6.45) is 3.15. The second-order valence-corrected chi connectivity index (χ2v) is 6.86. The van der Waals surface area contributed by atoms with Crippen LogP contribution < -0.4 is 10.9 Å². The maximum Gasteiger partial charge on any atom is 0.293 e. The van der Waals surface area contributed by atoms with E-state index in [1.807, 2.05) is 30.3 Å². The maximum absolute atomic E-state index is 11.9. The van der Waals surface area contributed by atoms with Crippen molar-refractivity contribution in [2.24, 2.45) is 5.92 Å². The van der Waals surface area contributed by atoms with Crippen molar-refractivity contribution in [2.45, 2.75) is 18.9 Å². The van der Waals surface area contributed by atoms with Crippen molar-refractivity contribution in [3.8, 4) is 0 Å². The molecule has 2 atom stereocenters. The molecule has 28 heavy (non-hydrogen) atoms. The molecule has 0 saturated carbocycles. The highest BCUT2D eigenvalue weighted by atomic mass is 16.6. The quantitative estimate of drug-likeness (QED) is 0.518. The molecule has 1 aliphatic rings. The molecule has 1 fully saturated rings. The number of ether oxygens (including phenoxy) is 1. The van der Waals surface area contributed by atoms with Crippen LogP contribution in [-0.4, -0.2) is 28.0 Å². The molecule has 144 valence electrons. The molecule has 1 aliphatic heterocycles. The minimum atomic E-state index is -0.486. The van der Waals surface area contributed by atoms with Crippen LogP contribution in [0.5, 0.6) is 0 Å². The fraction of sp³-hybridized carbons (Fsp3) is 0.300. The summed E-state index contributed by atoms with van der Waals surface area (Å²) >= 11 is 0. The number of aromatic nitrogens is 2. The van der Waals surface area contributed by atoms with Gasteiger partial charge in [0.15, 0.2) is 0 Å². The van der Waals surface area contributed by atoms with Crippen LogP contribution in [0, 0.1) is 16.0 Å². The molecule has 2 N–H and O–H groups in total. The number of fused-ring (bicyclic) bond motifs is 1. The number of benzene rings is 2. The Morgan fingerprint density at radius 2 is 2.11 bits per heavy atom. The summed E-state index contributed by atoms with van der Waals surface area (Å²) in [5.41, 5.74) is 1.34. The fourth-order valence-corrected chi connectivity index (χ4v) is 3.70. The van der Waals surface area contributed by atoms with Gasteiger partial charge in [0, 0.05) is 25.1 Å². The Morgan fingerprint density at radius 3 is 2.89 bits per heavy atom. The first-order valence-corrected chi connectivity index (χ1v) is 9.20. The van der Waals surface area contributed by atoms with E-state index in [1.54, 1.807) is 6.07 Å². The van der Waals surface area contributed by atoms with Gasteiger partial charge in [0.2, 0.25) is 0 Å². The zero-order chi connectivity index (χ0) is 19.5. The maximum atomic E-state index is 11.9. The summed E-state index contributed by atoms with van der Waals surface area (Å²) in [7, 11) is 0. The number of nitro groups is 1. The first kappa shape index (κ1) is 18.1. The lowest BCUT2D eigenvalue weighted by Gasteiger charge is -2.32. The zero-order valence-corrected chi connectivity index (χ0v) is 15.1. The second kappa shape index (κ2) is 7.77. The van der Waals surface area contributed by atoms with Gasteiger partial charge in [-0.3, -0.25) is 14.9 Å². The topological polar surface area (TPSA) is 110 Å². The number of rotatable bonds is 5. The number of H-pyrrole nitrogens is 1. The molecule has 0 aliphatic carbocycles. The molecule has 0 radical (unpaired) electrons. The van der Waals surface area contributed by atoms with Gasteiger partial charge in [0.25, 0.3) is 11.2 Å². The molecule has 1 aromatic heterocycles. The van der Waals surface area contributed by atoms with Crippen molar-refractivity contribution >= 4 is 22.3 Å². The normalized spacial score (nSPS) is 19.4. The molecule has 2 heterocycles. The van der Waals surface area contributed by atoms with Crippen molar-refractivity contribution in [1.29, 1.82) is 0 Å². The van der Waals surface area contributed by atoms with Crippen molar-refractivity contribution < 1.29 is 9.66 Å². The SMILES string of the molecule is O=c1[nH]cnc2cc(NCC3CCCOC3c3ccccc3)c([N+](=O)[O-])cc12. The Bertz CT molecular complexity index is 1050. The van der Waals surface area contributed by atoms with E-state index in [1.165, 1.54) is 12.4 Å². The van der Waals surface area contributed by atoms with Crippen molar-refractivity contribution in [1.82, 2.24) is 9.97 Å². The number of hydrogen-bond acceptors (Lipinski definition) is 6. The largest absolute Gasteiger partial charge is 0.379 e. The van der Waals surface area contributed by atoms with Crippen LogP contribution >= 0.6 is 0 Å². The average molecular weight is 380 g/mol. The van der Waals surface area contributed by atoms with E-state index in [-0.39, 0.29) is 23.1 Å². The zero-order valence-electron chi connectivity index (χ0n) is 15.1. The molecule has 2 unspecified atom stereocenters. The van der Waals surface area contributed by atoms with E-state index in [4.69, 9.17) is 4.74 Å². The summed E-state index contributed by atoms with van der Waals surface area (Å²) in [6.45, 7) is 1.23. The highest BCUT2D eigenvalue weighted by molar-refractivity contribution is 5.86. The van der Waals surface area contributed by atoms with Crippen LogP contribution in [0.15, 0.2) is 53.6 Å². The molecule has 0 amide bonds. The Morgan fingerprint density at radius 1 is 1.29 bits per heavy atom. The smallest absolute Gasteiger partial charge is 0.293 e. The first-order valence-electron chi connectivity index (χ1n) is 9.20. The number of nitro benzene ring substituents is 1. The average Bonchev–Trinajstić information content (AvgIpc) is 2.72. The van der Waals surface area contributed by atoms with Gasteiger partial charge >= 0.3 is 0 Å². The summed E-state index contributed by atoms with van der Waals surface area (Å²) in [5, 5.41) is 14.9. The van der Waals surface area contributed by atoms with Gasteiger partial charge in [0.05, 0.1) is 28.3 Å². The highest BCUT2D eigenvalue weighted by Crippen LogP contribution is 2.35. The number of aromatic amines is 1. The number of hydrogen-bond donors (Lipinski definition) is 2. The fourth-order valence-electron chi connectivity index (χ4n) is 3.70. The van der Waals surface area contributed by atoms with Crippen LogP contribution in [-0.2, 0) is 4.74 Å². The van der Waals surface area contributed by atoms with E-state index in [2.05, 4.69) is 15.3 Å². The van der Waals surface area contributed by atoms with E-state index >= 15 is 0 Å². The third-order valence-electron chi connectivity index (χ3n) is 5.08. The predicted molar refractivity (Wildman–Crippen MR) is 105 cm³/mol. The summed E-state index contributed by atoms with van der Waals surface area (Å²) < 4.78 is 6.00. The van der Waals surface area contributed by atoms with E-state index in [0.717, 1.165) is 18.4 Å². The highest BCUT2D eigenvalue weighted by Gasteiger charge is 2.28. The van der Waals surface area contributed by atoms with Gasteiger partial charge in [-0.15, -0.1) is 0 Å². The van der Waals surface area contributed by atoms with Crippen LogP contribution in [0.2, 0.25) is 0 Å². The summed E-state index contributed by atoms with van der Waals surface area (Å²) in [5.74, 6) is 0.179. The first-order chi connectivity index (χ1) is 13.6. The monoisotopic (exact) mass is 380 g/mol. The molecule has 1 saturated heterocycles. The van der Waals surface area contributed by atoms with Crippen molar-refractivity contribution in [3.63, 3.8) is 0 Å². The van der Waals surface area contributed by atoms with Gasteiger partial charge in [-0.05, 0) is 24.5 Å². The van der Waals surface area contributed by atoms with Gasteiger partial charge in [0.1, 0.15) is 5.69 Å². The van der Waals surface area contributed by atoms with E-state index in [0.29, 0.717) is 24.4 Å². The summed E-state index contributed by atoms with van der Waals surface area (Å²) in [4.78, 5) is 29.5. The molecular weight excluding hydrogens is 360 g/mol. The molecule has 8 nitrogen and oxygen atoms in total. The molecule has 3 aromatic rings. The minimum Gasteiger partial charge on any atom is -0.379 e. The van der Waals surface area contributed by atoms with E-state index < -0.39 is 10.5 Å². The third-order valence-corrected chi connectivity index (χ3v) is 5.08. The molecule has 2 aromatic carbocycles. The van der Waals surface area contributed by atoms with Crippen LogP contribution in [0.4, 0.5) is 11.4 Å². The second-order valence-electron chi connectivity index (χ2n) is 6.86. The standard InChI is InChI=1S/C20H20N4O4/c25-20-15-9-18(24(26)27)17(10-16(15)22-12-23-20)21-11-14-7-4-8-28-19(14)13-5-2-1-3-6-13/h1-3,5-6,9-10,12,14,19,21H,4,7-8,11H2,(H,22,23,25). The van der Waals surface area contributed by atoms with Gasteiger partial charge < -0.3 is 15.0 Å². The number of anilines is 1. The van der Waals surface area contributed by atoms with Crippen LogP contribution in [0.1, 0.15) is 24.5 Å². The lowest BCUT2D eigenvalue weighted by molar-refractivity contribution is -0.383. The molecular formula is C20H20N4O4. The van der Waals surface area contributed by atoms with E-state index in [9.17, 15) is 14.9 Å². The minimum absolute atomic E-state index is 0.0528. The predicted octanol–water partition coefficient (Wildman–Crippen LogP) is 3.41. The van der Waals surface area contributed by atoms with Gasteiger partial charge in [-0.1, -0.05) is 30.3 Å². The van der Waals surface area contributed by atoms with Crippen LogP contribution in [0.25, 0.3) is 10.9 Å². The Labute approximate surface area is 160 Å². The van der Waals surface area contributed by atoms with Crippen molar-refractivity contribution in [2.75, 3.05) is 18.5 Å². The number of nitrogens with one attached hydrogen (secondary N) is 2. The van der Waals surface area contributed by atoms with Gasteiger partial charge in [-0.25, -0.2) is 4.98 Å². The molecule has 0 bridgehead atoms. The van der Waals surface area contributed by atoms with Crippen LogP contribution in [0.3, 0.4) is 0 Å². The Balaban J connectivity index is 1.61. The summed E-state index contributed by atoms with van der Waals surface area (Å²) in [6, 6.07) is 12.8.